The zero-order valence-corrected chi connectivity index (χ0v) is 67.7. The molecule has 0 aromatic carbocycles. The smallest absolute Gasteiger partial charge is 0.351 e. The summed E-state index contributed by atoms with van der Waals surface area (Å²) < 4.78 is 11.0. The highest BCUT2D eigenvalue weighted by Gasteiger charge is 2.68. The number of carbonyl (C=O) groups excluding carboxylic acids is 1. The molecule has 2 fully saturated rings. The minimum atomic E-state index is -2.11. The number of ether oxygens (including phenoxy) is 2. The molecule has 21 nitrogen and oxygen atoms in total. The first-order valence-electron chi connectivity index (χ1n) is 39.3. The first-order valence-corrected chi connectivity index (χ1v) is 43.5. The molecule has 2 aliphatic rings. The molecule has 0 spiro atoms. The number of epoxide rings is 2. The molecule has 7 unspecified atom stereocenters. The number of nitrogens with zero attached hydrogens (tertiary/aromatic N) is 3. The molecular weight excluding hydrogens is 1370 g/mol. The van der Waals surface area contributed by atoms with Crippen LogP contribution in [0.3, 0.4) is 0 Å². The topological polar surface area (TPSA) is 344 Å². The average molecular weight is 1520 g/mol. The van der Waals surface area contributed by atoms with E-state index in [1.54, 1.807) is 30.5 Å². The van der Waals surface area contributed by atoms with Crippen LogP contribution < -0.4 is 5.11 Å². The summed E-state index contributed by atoms with van der Waals surface area (Å²) in [5.41, 5.74) is -4.35. The van der Waals surface area contributed by atoms with Crippen LogP contribution in [0.15, 0.2) is 0 Å². The molecule has 0 amide bonds. The second-order valence-electron chi connectivity index (χ2n) is 27.3. The Morgan fingerprint density at radius 3 is 0.950 bits per heavy atom. The normalized spacial score (nSPS) is 17.4. The number of aliphatic carboxylic acids is 4. The van der Waals surface area contributed by atoms with Crippen molar-refractivity contribution in [2.45, 2.75) is 427 Å². The van der Waals surface area contributed by atoms with Crippen LogP contribution in [0, 0.1) is 30.3 Å². The van der Waals surface area contributed by atoms with E-state index in [0.29, 0.717) is 57.1 Å². The van der Waals surface area contributed by atoms with E-state index in [9.17, 15) is 59.4 Å². The molecule has 0 saturated carbocycles. The molecule has 7 atom stereocenters. The van der Waals surface area contributed by atoms with Gasteiger partial charge in [-0.3, -0.25) is 63.8 Å². The fraction of sp³-hybridized carbons (Fsp3) is 0.934. The molecule has 0 aromatic heterocycles. The maximum absolute atomic E-state index is 12.9. The van der Waals surface area contributed by atoms with Crippen molar-refractivity contribution in [3.63, 3.8) is 0 Å². The van der Waals surface area contributed by atoms with Crippen LogP contribution in [0.25, 0.3) is 0 Å². The Hall–Kier alpha value is -2.97. The number of Topliss-reactive ketones (excluding diaryl/α,β-unsaturated/α-hetero) is 1. The molecule has 2 aliphatic heterocycles. The Balaban J connectivity index is -0.000000611. The summed E-state index contributed by atoms with van der Waals surface area (Å²) in [6.45, 7) is 8.78. The average Bonchev–Trinajstić information content (AvgIpc) is 1.61. The van der Waals surface area contributed by atoms with Gasteiger partial charge in [-0.15, -0.1) is 0 Å². The van der Waals surface area contributed by atoms with Crippen molar-refractivity contribution in [2.75, 3.05) is 25.0 Å². The second kappa shape index (κ2) is 72.6. The summed E-state index contributed by atoms with van der Waals surface area (Å²) in [6, 6.07) is 0. The molecule has 2 rings (SSSR count). The predicted molar refractivity (Wildman–Crippen MR) is 417 cm³/mol. The monoisotopic (exact) mass is 1510 g/mol. The number of unbranched alkanes of at least 4 members (excludes halogenated alkanes) is 36. The van der Waals surface area contributed by atoms with Gasteiger partial charge in [0.15, 0.2) is 17.9 Å². The van der Waals surface area contributed by atoms with Crippen LogP contribution in [0.4, 0.5) is 0 Å². The minimum Gasteiger partial charge on any atom is -0.796 e. The van der Waals surface area contributed by atoms with Gasteiger partial charge in [-0.25, -0.2) is 0 Å². The van der Waals surface area contributed by atoms with E-state index in [1.165, 1.54) is 121 Å². The van der Waals surface area contributed by atoms with Crippen molar-refractivity contribution < 1.29 is 73.7 Å². The molecular formula is C76H144N3O18S4-3. The van der Waals surface area contributed by atoms with Crippen molar-refractivity contribution in [3.05, 3.63) is 30.3 Å². The lowest BCUT2D eigenvalue weighted by molar-refractivity contribution is -0.762. The highest BCUT2D eigenvalue weighted by Crippen LogP contribution is 2.46. The first kappa shape index (κ1) is 104. The van der Waals surface area contributed by atoms with Crippen molar-refractivity contribution in [1.82, 2.24) is 0 Å². The SMILES string of the molecule is CCCCCCCCC(SC)C(=O)CCCCCCCC(=O)O.CCCCCCCCC(SC)C([O-])(CCCCCCCC(=O)O)[N+](=O)[O-].CCCCCCCCC1OC1(CCCCCCCC(=O)O)[N+](=O)[O-].CCCCCCCCC1OC1(CCCCCCCC(=O)O)[N+](=O)[O-].C[S-].C[S-]. The van der Waals surface area contributed by atoms with Gasteiger partial charge in [-0.2, -0.15) is 36.0 Å². The number of rotatable bonds is 67. The number of hydrogen-bond donors (Lipinski definition) is 4. The summed E-state index contributed by atoms with van der Waals surface area (Å²) in [4.78, 5) is 86.9. The van der Waals surface area contributed by atoms with Crippen LogP contribution in [-0.4, -0.2) is 130 Å². The Morgan fingerprint density at radius 1 is 0.396 bits per heavy atom. The molecule has 0 aromatic rings. The maximum Gasteiger partial charge on any atom is 0.351 e. The van der Waals surface area contributed by atoms with Gasteiger partial charge in [0, 0.05) is 56.3 Å². The maximum atomic E-state index is 12.9. The second-order valence-corrected chi connectivity index (χ2v) is 29.4. The van der Waals surface area contributed by atoms with Crippen molar-refractivity contribution in [1.29, 1.82) is 0 Å². The summed E-state index contributed by atoms with van der Waals surface area (Å²) in [5, 5.41) is 80.9. The van der Waals surface area contributed by atoms with Gasteiger partial charge in [0.2, 0.25) is 0 Å². The van der Waals surface area contributed by atoms with Gasteiger partial charge < -0.3 is 50.8 Å². The van der Waals surface area contributed by atoms with E-state index in [1.807, 2.05) is 6.26 Å². The predicted octanol–water partition coefficient (Wildman–Crippen LogP) is 20.6. The molecule has 598 valence electrons. The standard InChI is InChI=1S/C19H36NO5S.C19H36O3S.2C18H33NO5.2CH4S/c1-3-4-5-6-8-11-14-17(26-2)19(23,20(24)25)16-13-10-7-9-12-15-18(21)22;1-3-4-5-6-9-12-15-18(23-2)17(20)14-11-8-7-10-13-16-19(21)22;2*1-2-3-4-5-7-10-13-16-18(24-16,19(22)23)15-12-9-6-8-11-14-17(20)21;2*1-2/h17H,3-16H2,1-2H3,(H,21,22);18H,3-16H2,1-2H3,(H,21,22);2*16H,2-15H2,1H3,(H,20,21);2*2H,1H3/q-1;;;;;/p-2. The van der Waals surface area contributed by atoms with Crippen molar-refractivity contribution in [3.8, 4) is 0 Å². The number of ketones is 1. The van der Waals surface area contributed by atoms with Gasteiger partial charge in [0.05, 0.1) is 20.3 Å². The molecule has 0 bridgehead atoms. The Bertz CT molecular complexity index is 1970. The third kappa shape index (κ3) is 58.8. The summed E-state index contributed by atoms with van der Waals surface area (Å²) in [5.74, 6) is -2.61. The molecule has 2 saturated heterocycles. The number of thioether (sulfide) groups is 2. The minimum absolute atomic E-state index is 0.0558. The van der Waals surface area contributed by atoms with E-state index in [-0.39, 0.29) is 59.4 Å². The van der Waals surface area contributed by atoms with Gasteiger partial charge in [0.25, 0.3) is 0 Å². The lowest BCUT2D eigenvalue weighted by Gasteiger charge is -2.37. The fourth-order valence-electron chi connectivity index (χ4n) is 12.5. The lowest BCUT2D eigenvalue weighted by Crippen LogP contribution is -2.58. The molecule has 101 heavy (non-hydrogen) atoms. The number of nitro groups is 3. The van der Waals surface area contributed by atoms with Crippen LogP contribution in [0.2, 0.25) is 0 Å². The summed E-state index contributed by atoms with van der Waals surface area (Å²) in [6.07, 6.45) is 57.6. The number of carbonyl (C=O) groups is 5. The zero-order chi connectivity index (χ0) is 76.9. The molecule has 4 N–H and O–H groups in total. The third-order valence-corrected chi connectivity index (χ3v) is 21.1. The van der Waals surface area contributed by atoms with Gasteiger partial charge >= 0.3 is 35.3 Å². The quantitative estimate of drug-likeness (QED) is 0.0110. The van der Waals surface area contributed by atoms with Gasteiger partial charge in [-0.05, 0) is 89.6 Å². The first-order chi connectivity index (χ1) is 48.5. The van der Waals surface area contributed by atoms with Crippen LogP contribution in [0.1, 0.15) is 387 Å². The molecule has 0 radical (unpaired) electrons. The van der Waals surface area contributed by atoms with E-state index in [2.05, 4.69) is 53.0 Å². The van der Waals surface area contributed by atoms with Crippen molar-refractivity contribution in [2.24, 2.45) is 0 Å². The number of carboxylic acids is 4. The van der Waals surface area contributed by atoms with Gasteiger partial charge in [0.1, 0.15) is 5.78 Å². The lowest BCUT2D eigenvalue weighted by atomic mass is 9.96. The highest BCUT2D eigenvalue weighted by molar-refractivity contribution is 8.00. The summed E-state index contributed by atoms with van der Waals surface area (Å²) in [7, 11) is 0. The van der Waals surface area contributed by atoms with E-state index in [4.69, 9.17) is 29.9 Å². The van der Waals surface area contributed by atoms with E-state index < -0.39 is 51.2 Å². The molecule has 0 aliphatic carbocycles. The Kier molecular flexibility index (Phi) is 75.0. The number of hydrogen-bond acceptors (Lipinski definition) is 18. The molecule has 25 heteroatoms. The van der Waals surface area contributed by atoms with Crippen LogP contribution in [0.5, 0.6) is 0 Å². The van der Waals surface area contributed by atoms with Crippen LogP contribution in [-0.2, 0) is 58.7 Å². The van der Waals surface area contributed by atoms with Crippen molar-refractivity contribution >= 4 is 78.4 Å². The van der Waals surface area contributed by atoms with Gasteiger partial charge in [-0.1, -0.05) is 259 Å². The number of carboxylic acid groups (broad SMARTS) is 4. The summed E-state index contributed by atoms with van der Waals surface area (Å²) >= 11 is 11.2. The third-order valence-electron chi connectivity index (χ3n) is 18.8. The Labute approximate surface area is 631 Å². The zero-order valence-electron chi connectivity index (χ0n) is 64.4. The highest BCUT2D eigenvalue weighted by atomic mass is 32.2. The molecule has 2 heterocycles. The van der Waals surface area contributed by atoms with E-state index >= 15 is 0 Å². The van der Waals surface area contributed by atoms with E-state index in [0.717, 1.165) is 167 Å². The fourth-order valence-corrected chi connectivity index (χ4v) is 14.3. The Morgan fingerprint density at radius 2 is 0.663 bits per heavy atom. The van der Waals surface area contributed by atoms with Crippen LogP contribution >= 0.6 is 23.5 Å². The largest absolute Gasteiger partial charge is 0.796 e.